The minimum Gasteiger partial charge on any atom is -0.376 e. The Morgan fingerprint density at radius 1 is 1.23 bits per heavy atom. The van der Waals surface area contributed by atoms with Crippen LogP contribution in [0.4, 0.5) is 9.18 Å². The number of urea groups is 1. The first-order valence-electron chi connectivity index (χ1n) is 11.3. The zero-order chi connectivity index (χ0) is 21.3. The normalized spacial score (nSPS) is 27.1. The molecule has 1 saturated carbocycles. The number of nitrogens with one attached hydrogen (secondary N) is 2. The molecule has 1 aromatic carbocycles. The van der Waals surface area contributed by atoms with Gasteiger partial charge in [-0.25, -0.2) is 9.18 Å². The van der Waals surface area contributed by atoms with E-state index in [1.54, 1.807) is 23.9 Å². The van der Waals surface area contributed by atoms with Crippen LogP contribution in [0.25, 0.3) is 0 Å². The van der Waals surface area contributed by atoms with E-state index < -0.39 is 0 Å². The lowest BCUT2D eigenvalue weighted by atomic mass is 9.82. The van der Waals surface area contributed by atoms with Crippen molar-refractivity contribution in [3.05, 3.63) is 35.6 Å². The molecule has 2 atom stereocenters. The molecule has 30 heavy (non-hydrogen) atoms. The average molecular weight is 438 g/mol. The van der Waals surface area contributed by atoms with Gasteiger partial charge in [0.2, 0.25) is 0 Å². The van der Waals surface area contributed by atoms with Crippen LogP contribution >= 0.6 is 11.8 Å². The van der Waals surface area contributed by atoms with Crippen molar-refractivity contribution in [2.24, 2.45) is 0 Å². The summed E-state index contributed by atoms with van der Waals surface area (Å²) < 4.78 is 20.4. The second-order valence-electron chi connectivity index (χ2n) is 8.31. The molecular formula is C23H36FN3O2S. The number of halogens is 1. The largest absolute Gasteiger partial charge is 0.376 e. The number of benzene rings is 1. The lowest BCUT2D eigenvalue weighted by Gasteiger charge is -2.42. The number of thioether (sulfide) groups is 1. The smallest absolute Gasteiger partial charge is 0.317 e. The molecule has 2 amide bonds. The van der Waals surface area contributed by atoms with Gasteiger partial charge in [0.1, 0.15) is 5.82 Å². The monoisotopic (exact) mass is 437 g/mol. The summed E-state index contributed by atoms with van der Waals surface area (Å²) >= 11 is 1.76. The fourth-order valence-electron chi connectivity index (χ4n) is 4.78. The van der Waals surface area contributed by atoms with Crippen molar-refractivity contribution in [2.45, 2.75) is 69.6 Å². The summed E-state index contributed by atoms with van der Waals surface area (Å²) in [5.74, 6) is 1.06. The molecule has 3 rings (SSSR count). The maximum atomic E-state index is 14.1. The average Bonchev–Trinajstić information content (AvgIpc) is 2.77. The third kappa shape index (κ3) is 6.11. The van der Waals surface area contributed by atoms with Crippen LogP contribution in [0, 0.1) is 5.82 Å². The molecule has 7 heteroatoms. The van der Waals surface area contributed by atoms with Crippen LogP contribution < -0.4 is 10.6 Å². The van der Waals surface area contributed by atoms with Gasteiger partial charge >= 0.3 is 6.03 Å². The minimum atomic E-state index is -0.0932. The third-order valence-corrected chi connectivity index (χ3v) is 6.83. The van der Waals surface area contributed by atoms with Gasteiger partial charge in [0.15, 0.2) is 0 Å². The van der Waals surface area contributed by atoms with Gasteiger partial charge in [0.05, 0.1) is 18.8 Å². The van der Waals surface area contributed by atoms with Crippen LogP contribution in [-0.4, -0.2) is 60.9 Å². The molecule has 2 N–H and O–H groups in total. The van der Waals surface area contributed by atoms with E-state index >= 15 is 0 Å². The molecule has 168 valence electrons. The molecule has 0 spiro atoms. The first-order valence-corrected chi connectivity index (χ1v) is 12.7. The van der Waals surface area contributed by atoms with Gasteiger partial charge in [-0.2, -0.15) is 0 Å². The Morgan fingerprint density at radius 2 is 2.00 bits per heavy atom. The molecule has 1 aromatic rings. The van der Waals surface area contributed by atoms with Crippen LogP contribution in [0.1, 0.15) is 56.9 Å². The predicted molar refractivity (Wildman–Crippen MR) is 121 cm³/mol. The van der Waals surface area contributed by atoms with Crippen molar-refractivity contribution in [2.75, 3.05) is 31.8 Å². The zero-order valence-electron chi connectivity index (χ0n) is 18.2. The molecule has 1 saturated heterocycles. The first kappa shape index (κ1) is 23.4. The number of ether oxygens (including phenoxy) is 1. The summed E-state index contributed by atoms with van der Waals surface area (Å²) in [5, 5.41) is 6.54. The van der Waals surface area contributed by atoms with Crippen LogP contribution in [-0.2, 0) is 4.74 Å². The third-order valence-electron chi connectivity index (χ3n) is 6.38. The Labute approximate surface area is 184 Å². The van der Waals surface area contributed by atoms with Gasteiger partial charge < -0.3 is 20.3 Å². The highest BCUT2D eigenvalue weighted by molar-refractivity contribution is 7.98. The van der Waals surface area contributed by atoms with Crippen LogP contribution in [0.2, 0.25) is 0 Å². The van der Waals surface area contributed by atoms with E-state index in [1.807, 2.05) is 24.0 Å². The number of carbonyl (C=O) groups excluding carboxylic acids is 1. The zero-order valence-corrected chi connectivity index (χ0v) is 19.1. The Balaban J connectivity index is 1.55. The summed E-state index contributed by atoms with van der Waals surface area (Å²) in [6, 6.07) is 7.44. The van der Waals surface area contributed by atoms with E-state index in [0.29, 0.717) is 13.2 Å². The number of carbonyl (C=O) groups is 1. The Kier molecular flexibility index (Phi) is 9.27. The second-order valence-corrected chi connectivity index (χ2v) is 9.18. The van der Waals surface area contributed by atoms with Crippen molar-refractivity contribution in [3.63, 3.8) is 0 Å². The van der Waals surface area contributed by atoms with E-state index in [-0.39, 0.29) is 36.0 Å². The van der Waals surface area contributed by atoms with Gasteiger partial charge in [-0.1, -0.05) is 18.2 Å². The van der Waals surface area contributed by atoms with Crippen molar-refractivity contribution in [1.29, 1.82) is 0 Å². The van der Waals surface area contributed by atoms with Gasteiger partial charge in [0, 0.05) is 25.0 Å². The van der Waals surface area contributed by atoms with Crippen molar-refractivity contribution in [1.82, 2.24) is 15.5 Å². The number of amides is 2. The predicted octanol–water partition coefficient (Wildman–Crippen LogP) is 4.34. The van der Waals surface area contributed by atoms with E-state index in [4.69, 9.17) is 4.74 Å². The second kappa shape index (κ2) is 11.9. The molecular weight excluding hydrogens is 401 g/mol. The molecule has 2 aliphatic rings. The number of rotatable bonds is 8. The summed E-state index contributed by atoms with van der Waals surface area (Å²) in [6.45, 7) is 3.91. The Hall–Kier alpha value is -1.31. The van der Waals surface area contributed by atoms with Crippen molar-refractivity contribution >= 4 is 17.8 Å². The fraction of sp³-hybridized carbons (Fsp3) is 0.696. The van der Waals surface area contributed by atoms with Crippen molar-refractivity contribution < 1.29 is 13.9 Å². The van der Waals surface area contributed by atoms with E-state index in [0.717, 1.165) is 56.5 Å². The summed E-state index contributed by atoms with van der Waals surface area (Å²) in [6.07, 6.45) is 8.11. The molecule has 1 heterocycles. The maximum absolute atomic E-state index is 14.1. The highest BCUT2D eigenvalue weighted by atomic mass is 32.2. The molecule has 2 fully saturated rings. The molecule has 5 nitrogen and oxygen atoms in total. The van der Waals surface area contributed by atoms with Crippen LogP contribution in [0.3, 0.4) is 0 Å². The quantitative estimate of drug-likeness (QED) is 0.594. The van der Waals surface area contributed by atoms with E-state index in [1.165, 1.54) is 0 Å². The van der Waals surface area contributed by atoms with Gasteiger partial charge in [-0.05, 0) is 69.3 Å². The van der Waals surface area contributed by atoms with Gasteiger partial charge in [-0.3, -0.25) is 0 Å². The number of likely N-dealkylation sites (tertiary alicyclic amines) is 1. The van der Waals surface area contributed by atoms with E-state index in [2.05, 4.69) is 16.9 Å². The SMILES string of the molecule is CCNC(=O)N1CCC[C@H](NCSC)[C@@H]1COC1CCC(c2ccccc2F)CC1. The first-order chi connectivity index (χ1) is 14.6. The summed E-state index contributed by atoms with van der Waals surface area (Å²) in [7, 11) is 0. The Bertz CT molecular complexity index is 670. The lowest BCUT2D eigenvalue weighted by Crippen LogP contribution is -2.60. The van der Waals surface area contributed by atoms with E-state index in [9.17, 15) is 9.18 Å². The minimum absolute atomic E-state index is 0.00464. The molecule has 0 aromatic heterocycles. The molecule has 1 aliphatic heterocycles. The Morgan fingerprint density at radius 3 is 2.70 bits per heavy atom. The fourth-order valence-corrected chi connectivity index (χ4v) is 5.16. The maximum Gasteiger partial charge on any atom is 0.317 e. The molecule has 0 unspecified atom stereocenters. The lowest BCUT2D eigenvalue weighted by molar-refractivity contribution is -0.0191. The van der Waals surface area contributed by atoms with Gasteiger partial charge in [0.25, 0.3) is 0 Å². The number of nitrogens with zero attached hydrogens (tertiary/aromatic N) is 1. The molecule has 1 aliphatic carbocycles. The highest BCUT2D eigenvalue weighted by Crippen LogP contribution is 2.35. The molecule has 0 bridgehead atoms. The van der Waals surface area contributed by atoms with Crippen molar-refractivity contribution in [3.8, 4) is 0 Å². The topological polar surface area (TPSA) is 53.6 Å². The highest BCUT2D eigenvalue weighted by Gasteiger charge is 2.35. The van der Waals surface area contributed by atoms with Crippen LogP contribution in [0.5, 0.6) is 0 Å². The number of hydrogen-bond donors (Lipinski definition) is 2. The molecule has 0 radical (unpaired) electrons. The summed E-state index contributed by atoms with van der Waals surface area (Å²) in [5.41, 5.74) is 0.840. The summed E-state index contributed by atoms with van der Waals surface area (Å²) in [4.78, 5) is 14.6. The van der Waals surface area contributed by atoms with Gasteiger partial charge in [-0.15, -0.1) is 11.8 Å². The van der Waals surface area contributed by atoms with Crippen LogP contribution in [0.15, 0.2) is 24.3 Å². The standard InChI is InChI=1S/C23H36FN3O2S/c1-3-25-23(28)27-14-6-9-21(26-16-30-2)22(27)15-29-18-12-10-17(11-13-18)19-7-4-5-8-20(19)24/h4-5,7-8,17-18,21-22,26H,3,6,9-16H2,1-2H3,(H,25,28)/t17?,18?,21-,22-/m0/s1. The number of hydrogen-bond acceptors (Lipinski definition) is 4. The number of piperidine rings is 1.